The van der Waals surface area contributed by atoms with Crippen LogP contribution in [-0.2, 0) is 0 Å². The zero-order chi connectivity index (χ0) is 8.97. The van der Waals surface area contributed by atoms with E-state index >= 15 is 0 Å². The molecule has 12 heavy (non-hydrogen) atoms. The molecule has 0 N–H and O–H groups in total. The van der Waals surface area contributed by atoms with Crippen LogP contribution in [-0.4, -0.2) is 0 Å². The molecule has 0 spiro atoms. The van der Waals surface area contributed by atoms with Crippen molar-refractivity contribution >= 4 is 23.5 Å². The van der Waals surface area contributed by atoms with Gasteiger partial charge < -0.3 is 0 Å². The number of fused-ring (bicyclic) bond motifs is 1. The van der Waals surface area contributed by atoms with Crippen molar-refractivity contribution in [3.8, 4) is 0 Å². The van der Waals surface area contributed by atoms with E-state index in [-0.39, 0.29) is 0 Å². The molecule has 2 rings (SSSR count). The third-order valence-corrected chi connectivity index (χ3v) is 2.84. The smallest absolute Gasteiger partial charge is 0.0302 e. The van der Waals surface area contributed by atoms with Crippen LogP contribution in [0.1, 0.15) is 31.6 Å². The summed E-state index contributed by atoms with van der Waals surface area (Å²) in [5, 5.41) is 1.45. The van der Waals surface area contributed by atoms with Gasteiger partial charge in [0.05, 0.1) is 0 Å². The SMILES string of the molecule is CC.Cc1cc2c(s1)=CCCC=2. The summed E-state index contributed by atoms with van der Waals surface area (Å²) in [6.07, 6.45) is 7.13. The maximum absolute atomic E-state index is 2.34. The molecule has 0 nitrogen and oxygen atoms in total. The summed E-state index contributed by atoms with van der Waals surface area (Å²) in [5.74, 6) is 0. The molecule has 0 amide bonds. The zero-order valence-electron chi connectivity index (χ0n) is 8.05. The number of thiophene rings is 1. The van der Waals surface area contributed by atoms with E-state index in [0.29, 0.717) is 0 Å². The Morgan fingerprint density at radius 2 is 1.83 bits per heavy atom. The molecule has 0 unspecified atom stereocenters. The van der Waals surface area contributed by atoms with E-state index in [1.54, 1.807) is 0 Å². The molecule has 0 bridgehead atoms. The molecular weight excluding hydrogens is 164 g/mol. The van der Waals surface area contributed by atoms with Crippen LogP contribution in [0.25, 0.3) is 12.2 Å². The molecule has 1 aromatic heterocycles. The topological polar surface area (TPSA) is 0 Å². The normalized spacial score (nSPS) is 13.2. The standard InChI is InChI=1S/C9H10S.C2H6/c1-7-6-8-4-2-3-5-9(8)10-7;1-2/h4-6H,2-3H2,1H3;1-2H3. The lowest BCUT2D eigenvalue weighted by Gasteiger charge is -1.90. The monoisotopic (exact) mass is 180 g/mol. The van der Waals surface area contributed by atoms with Gasteiger partial charge in [-0.25, -0.2) is 0 Å². The lowest BCUT2D eigenvalue weighted by atomic mass is 10.2. The van der Waals surface area contributed by atoms with Crippen molar-refractivity contribution in [2.75, 3.05) is 0 Å². The van der Waals surface area contributed by atoms with E-state index in [2.05, 4.69) is 25.1 Å². The lowest BCUT2D eigenvalue weighted by Crippen LogP contribution is -2.19. The molecule has 1 aromatic rings. The average molecular weight is 180 g/mol. The third kappa shape index (κ3) is 1.98. The van der Waals surface area contributed by atoms with Crippen molar-refractivity contribution in [3.63, 3.8) is 0 Å². The van der Waals surface area contributed by atoms with Crippen LogP contribution in [0.4, 0.5) is 0 Å². The fraction of sp³-hybridized carbons (Fsp3) is 0.455. The quantitative estimate of drug-likeness (QED) is 0.575. The zero-order valence-corrected chi connectivity index (χ0v) is 8.87. The molecule has 1 heterocycles. The fourth-order valence-corrected chi connectivity index (χ4v) is 2.32. The Hall–Kier alpha value is -0.560. The second-order valence-corrected chi connectivity index (χ2v) is 3.95. The van der Waals surface area contributed by atoms with Crippen molar-refractivity contribution in [3.05, 3.63) is 20.7 Å². The summed E-state index contributed by atoms with van der Waals surface area (Å²) < 4.78 is 1.48. The predicted molar refractivity (Wildman–Crippen MR) is 57.8 cm³/mol. The third-order valence-electron chi connectivity index (χ3n) is 1.77. The molecule has 0 fully saturated rings. The second kappa shape index (κ2) is 4.46. The highest BCUT2D eigenvalue weighted by atomic mass is 32.1. The minimum atomic E-state index is 1.23. The Bertz CT molecular complexity index is 310. The lowest BCUT2D eigenvalue weighted by molar-refractivity contribution is 1.13. The number of hydrogen-bond donors (Lipinski definition) is 0. The molecule has 0 saturated carbocycles. The minimum absolute atomic E-state index is 1.23. The maximum atomic E-state index is 2.34. The van der Waals surface area contributed by atoms with Crippen LogP contribution in [0.5, 0.6) is 0 Å². The van der Waals surface area contributed by atoms with Crippen molar-refractivity contribution in [1.29, 1.82) is 0 Å². The Morgan fingerprint density at radius 3 is 2.50 bits per heavy atom. The molecule has 1 aliphatic rings. The van der Waals surface area contributed by atoms with Crippen LogP contribution >= 0.6 is 11.3 Å². The molecule has 0 aromatic carbocycles. The first-order valence-corrected chi connectivity index (χ1v) is 5.45. The van der Waals surface area contributed by atoms with Gasteiger partial charge >= 0.3 is 0 Å². The van der Waals surface area contributed by atoms with E-state index in [1.165, 1.54) is 27.5 Å². The summed E-state index contributed by atoms with van der Waals surface area (Å²) in [7, 11) is 0. The van der Waals surface area contributed by atoms with Gasteiger partial charge in [-0.1, -0.05) is 26.0 Å². The highest BCUT2D eigenvalue weighted by Crippen LogP contribution is 2.01. The van der Waals surface area contributed by atoms with Gasteiger partial charge in [0.1, 0.15) is 0 Å². The van der Waals surface area contributed by atoms with Gasteiger partial charge in [0.25, 0.3) is 0 Å². The van der Waals surface area contributed by atoms with Gasteiger partial charge in [0.2, 0.25) is 0 Å². The molecular formula is C11H16S. The van der Waals surface area contributed by atoms with Crippen molar-refractivity contribution in [2.45, 2.75) is 33.6 Å². The maximum Gasteiger partial charge on any atom is 0.0302 e. The molecule has 1 aliphatic carbocycles. The van der Waals surface area contributed by atoms with Crippen molar-refractivity contribution in [1.82, 2.24) is 0 Å². The average Bonchev–Trinajstić information content (AvgIpc) is 2.48. The van der Waals surface area contributed by atoms with Gasteiger partial charge in [-0.2, -0.15) is 0 Å². The summed E-state index contributed by atoms with van der Waals surface area (Å²) >= 11 is 1.90. The fourth-order valence-electron chi connectivity index (χ4n) is 1.32. The number of aryl methyl sites for hydroxylation is 1. The van der Waals surface area contributed by atoms with Crippen molar-refractivity contribution in [2.24, 2.45) is 0 Å². The summed E-state index contributed by atoms with van der Waals surface area (Å²) in [4.78, 5) is 1.43. The van der Waals surface area contributed by atoms with Gasteiger partial charge in [0, 0.05) is 9.41 Å². The number of hydrogen-bond acceptors (Lipinski definition) is 1. The summed E-state index contributed by atoms with van der Waals surface area (Å²) in [5.41, 5.74) is 0. The molecule has 0 atom stereocenters. The van der Waals surface area contributed by atoms with Crippen LogP contribution in [0.3, 0.4) is 0 Å². The van der Waals surface area contributed by atoms with Gasteiger partial charge in [-0.3, -0.25) is 0 Å². The first kappa shape index (κ1) is 9.53. The molecule has 0 radical (unpaired) electrons. The molecule has 66 valence electrons. The van der Waals surface area contributed by atoms with E-state index in [0.717, 1.165) is 0 Å². The van der Waals surface area contributed by atoms with E-state index in [1.807, 2.05) is 25.2 Å². The van der Waals surface area contributed by atoms with E-state index in [4.69, 9.17) is 0 Å². The molecule has 0 aliphatic heterocycles. The Balaban J connectivity index is 0.000000336. The molecule has 0 saturated heterocycles. The van der Waals surface area contributed by atoms with E-state index in [9.17, 15) is 0 Å². The highest BCUT2D eigenvalue weighted by Gasteiger charge is 1.95. The first-order chi connectivity index (χ1) is 5.86. The van der Waals surface area contributed by atoms with Crippen LogP contribution in [0.2, 0.25) is 0 Å². The van der Waals surface area contributed by atoms with Crippen LogP contribution in [0, 0.1) is 6.92 Å². The number of rotatable bonds is 0. The van der Waals surface area contributed by atoms with Crippen LogP contribution in [0.15, 0.2) is 6.07 Å². The Morgan fingerprint density at radius 1 is 1.17 bits per heavy atom. The Kier molecular flexibility index (Phi) is 3.54. The van der Waals surface area contributed by atoms with Crippen LogP contribution < -0.4 is 9.75 Å². The Labute approximate surface area is 78.2 Å². The van der Waals surface area contributed by atoms with E-state index < -0.39 is 0 Å². The van der Waals surface area contributed by atoms with Gasteiger partial charge in [-0.15, -0.1) is 11.3 Å². The minimum Gasteiger partial charge on any atom is -0.141 e. The van der Waals surface area contributed by atoms with Gasteiger partial charge in [0.15, 0.2) is 0 Å². The summed E-state index contributed by atoms with van der Waals surface area (Å²) in [6.45, 7) is 6.17. The first-order valence-electron chi connectivity index (χ1n) is 4.63. The van der Waals surface area contributed by atoms with Crippen molar-refractivity contribution < 1.29 is 0 Å². The second-order valence-electron chi connectivity index (χ2n) is 2.66. The largest absolute Gasteiger partial charge is 0.141 e. The predicted octanol–water partition coefficient (Wildman–Crippen LogP) is 2.44. The highest BCUT2D eigenvalue weighted by molar-refractivity contribution is 7.09. The summed E-state index contributed by atoms with van der Waals surface area (Å²) in [6, 6.07) is 2.27. The molecule has 1 heteroatoms. The van der Waals surface area contributed by atoms with Gasteiger partial charge in [-0.05, 0) is 31.1 Å².